The zero-order valence-corrected chi connectivity index (χ0v) is 43.0. The minimum absolute atomic E-state index is 0.0898. The molecule has 11 atom stereocenters. The first-order chi connectivity index (χ1) is 34.0. The zero-order chi connectivity index (χ0) is 51.0. The number of aliphatic hydroxyl groups is 7. The predicted molar refractivity (Wildman–Crippen MR) is 270 cm³/mol. The van der Waals surface area contributed by atoms with Crippen LogP contribution < -0.4 is 0 Å². The van der Waals surface area contributed by atoms with Crippen LogP contribution in [0.5, 0.6) is 0 Å². The minimum atomic E-state index is -1.77. The summed E-state index contributed by atoms with van der Waals surface area (Å²) >= 11 is 0. The second kappa shape index (κ2) is 41.9. The molecule has 15 heteroatoms. The van der Waals surface area contributed by atoms with E-state index < -0.39 is 99.3 Å². The molecule has 0 aromatic rings. The van der Waals surface area contributed by atoms with Crippen LogP contribution in [0, 0.1) is 0 Å². The molecule has 0 aromatic heterocycles. The van der Waals surface area contributed by atoms with E-state index in [1.807, 2.05) is 12.2 Å². The van der Waals surface area contributed by atoms with Crippen LogP contribution in [0.15, 0.2) is 48.6 Å². The summed E-state index contributed by atoms with van der Waals surface area (Å²) in [4.78, 5) is 25.8. The van der Waals surface area contributed by atoms with Gasteiger partial charge in [-0.15, -0.1) is 0 Å². The van der Waals surface area contributed by atoms with Gasteiger partial charge in [-0.05, 0) is 51.4 Å². The van der Waals surface area contributed by atoms with Crippen molar-refractivity contribution in [3.63, 3.8) is 0 Å². The van der Waals surface area contributed by atoms with Gasteiger partial charge in [0.15, 0.2) is 18.7 Å². The Labute approximate surface area is 420 Å². The molecule has 7 N–H and O–H groups in total. The van der Waals surface area contributed by atoms with Crippen LogP contribution in [0.3, 0.4) is 0 Å². The highest BCUT2D eigenvalue weighted by Crippen LogP contribution is 2.26. The number of hydrogen-bond acceptors (Lipinski definition) is 15. The average Bonchev–Trinajstić information content (AvgIpc) is 3.35. The average molecular weight is 997 g/mol. The molecule has 70 heavy (non-hydrogen) atoms. The summed E-state index contributed by atoms with van der Waals surface area (Å²) in [5.74, 6) is -0.986. The minimum Gasteiger partial charge on any atom is -0.462 e. The largest absolute Gasteiger partial charge is 0.462 e. The molecule has 0 saturated carbocycles. The van der Waals surface area contributed by atoms with Gasteiger partial charge in [0.05, 0.1) is 19.8 Å². The van der Waals surface area contributed by atoms with Crippen molar-refractivity contribution >= 4 is 11.9 Å². The van der Waals surface area contributed by atoms with Gasteiger partial charge >= 0.3 is 11.9 Å². The second-order valence-electron chi connectivity index (χ2n) is 19.1. The first-order valence-electron chi connectivity index (χ1n) is 27.2. The Kier molecular flexibility index (Phi) is 38.0. The summed E-state index contributed by atoms with van der Waals surface area (Å²) < 4.78 is 33.6. The van der Waals surface area contributed by atoms with Gasteiger partial charge in [-0.3, -0.25) is 9.59 Å². The van der Waals surface area contributed by atoms with Crippen LogP contribution in [-0.2, 0) is 38.0 Å². The van der Waals surface area contributed by atoms with Crippen molar-refractivity contribution in [1.82, 2.24) is 0 Å². The number of ether oxygens (including phenoxy) is 6. The fraction of sp³-hybridized carbons (Fsp3) is 0.818. The lowest BCUT2D eigenvalue weighted by Crippen LogP contribution is -2.61. The quantitative estimate of drug-likeness (QED) is 0.0173. The van der Waals surface area contributed by atoms with Gasteiger partial charge in [-0.25, -0.2) is 0 Å². The summed E-state index contributed by atoms with van der Waals surface area (Å²) in [7, 11) is 0. The molecule has 2 fully saturated rings. The third kappa shape index (κ3) is 29.2. The highest BCUT2D eigenvalue weighted by molar-refractivity contribution is 5.70. The first-order valence-corrected chi connectivity index (χ1v) is 27.2. The summed E-state index contributed by atoms with van der Waals surface area (Å²) in [6.45, 7) is 2.52. The molecule has 2 rings (SSSR count). The molecule has 2 heterocycles. The fourth-order valence-corrected chi connectivity index (χ4v) is 8.33. The Morgan fingerprint density at radius 1 is 0.457 bits per heavy atom. The smallest absolute Gasteiger partial charge is 0.306 e. The van der Waals surface area contributed by atoms with E-state index in [1.165, 1.54) is 103 Å². The Bertz CT molecular complexity index is 1400. The number of rotatable bonds is 42. The molecule has 2 aliphatic heterocycles. The Balaban J connectivity index is 1.81. The van der Waals surface area contributed by atoms with Gasteiger partial charge in [0, 0.05) is 12.8 Å². The molecule has 406 valence electrons. The van der Waals surface area contributed by atoms with Crippen LogP contribution in [0.1, 0.15) is 194 Å². The van der Waals surface area contributed by atoms with Crippen molar-refractivity contribution in [3.05, 3.63) is 48.6 Å². The number of carbonyl (C=O) groups is 2. The normalized spacial score (nSPS) is 25.7. The van der Waals surface area contributed by atoms with Gasteiger partial charge in [-0.1, -0.05) is 178 Å². The summed E-state index contributed by atoms with van der Waals surface area (Å²) in [6, 6.07) is 0. The summed E-state index contributed by atoms with van der Waals surface area (Å²) in [5.41, 5.74) is 0. The molecule has 0 bridgehead atoms. The molecular formula is C55H96O15. The predicted octanol–water partition coefficient (Wildman–Crippen LogP) is 8.27. The molecule has 0 aromatic carbocycles. The van der Waals surface area contributed by atoms with Crippen LogP contribution in [-0.4, -0.2) is 142 Å². The van der Waals surface area contributed by atoms with E-state index in [9.17, 15) is 45.3 Å². The lowest BCUT2D eigenvalue weighted by atomic mass is 9.98. The van der Waals surface area contributed by atoms with Gasteiger partial charge < -0.3 is 64.2 Å². The third-order valence-corrected chi connectivity index (χ3v) is 12.8. The van der Waals surface area contributed by atoms with Crippen molar-refractivity contribution in [3.8, 4) is 0 Å². The van der Waals surface area contributed by atoms with E-state index in [2.05, 4.69) is 50.3 Å². The number of allylic oxidation sites excluding steroid dienone is 8. The van der Waals surface area contributed by atoms with E-state index in [4.69, 9.17) is 28.4 Å². The van der Waals surface area contributed by atoms with Gasteiger partial charge in [0.25, 0.3) is 0 Å². The molecule has 0 amide bonds. The molecule has 2 aliphatic rings. The van der Waals surface area contributed by atoms with E-state index >= 15 is 0 Å². The van der Waals surface area contributed by atoms with Crippen LogP contribution in [0.4, 0.5) is 0 Å². The number of hydrogen-bond donors (Lipinski definition) is 7. The van der Waals surface area contributed by atoms with E-state index in [-0.39, 0.29) is 19.4 Å². The molecule has 15 nitrogen and oxygen atoms in total. The molecule has 0 aliphatic carbocycles. The van der Waals surface area contributed by atoms with Gasteiger partial charge in [0.1, 0.15) is 55.4 Å². The van der Waals surface area contributed by atoms with Crippen molar-refractivity contribution in [2.45, 2.75) is 261 Å². The Morgan fingerprint density at radius 2 is 0.871 bits per heavy atom. The van der Waals surface area contributed by atoms with Crippen LogP contribution in [0.25, 0.3) is 0 Å². The van der Waals surface area contributed by atoms with Crippen LogP contribution in [0.2, 0.25) is 0 Å². The molecule has 0 spiro atoms. The van der Waals surface area contributed by atoms with Crippen LogP contribution >= 0.6 is 0 Å². The first kappa shape index (κ1) is 63.6. The highest BCUT2D eigenvalue weighted by atomic mass is 16.7. The summed E-state index contributed by atoms with van der Waals surface area (Å²) in [5, 5.41) is 72.1. The molecular weight excluding hydrogens is 901 g/mol. The third-order valence-electron chi connectivity index (χ3n) is 12.8. The Morgan fingerprint density at radius 3 is 1.39 bits per heavy atom. The topological polar surface area (TPSA) is 231 Å². The van der Waals surface area contributed by atoms with E-state index in [1.54, 1.807) is 0 Å². The van der Waals surface area contributed by atoms with Crippen molar-refractivity contribution in [1.29, 1.82) is 0 Å². The lowest BCUT2D eigenvalue weighted by Gasteiger charge is -2.42. The standard InChI is InChI=1S/C55H96O15/c1-3-5-7-9-11-13-15-17-19-21-23-25-27-29-31-33-35-37-46(57)65-40-43(68-47(58)38-36-34-32-30-28-26-24-22-20-18-16-14-12-10-8-6-4-2)41-66-54-53(64)51(62)49(60)45(70-54)42-67-55-52(63)50(61)48(59)44(39-56)69-55/h12,14,18,20,24,26,30,32,43-45,48-56,59-64H,3-11,13,15-17,19,21-23,25,27-29,31,33-42H2,1-2H3/b14-12+,20-18+,26-24+,32-30+/t43-,44+,45+,48-,49-,50?,51?,52?,53?,54+,55+/m0/s1. The number of aliphatic hydroxyl groups excluding tert-OH is 7. The maximum Gasteiger partial charge on any atom is 0.306 e. The number of carbonyl (C=O) groups excluding carboxylic acids is 2. The van der Waals surface area contributed by atoms with Gasteiger partial charge in [0.2, 0.25) is 0 Å². The van der Waals surface area contributed by atoms with E-state index in [0.717, 1.165) is 44.9 Å². The molecule has 4 unspecified atom stereocenters. The number of esters is 2. The SMILES string of the molecule is CCCCC/C=C/C/C=C/C/C=C/C/C=C/CCCC(=O)O[C@@H](COC(=O)CCCCCCCCCCCCCCCCCCC)CO[C@@H]1O[C@H](CO[C@@H]2O[C@H](CO)[C@H](O)C(O)C2O)[C@H](O)C(O)C1O. The monoisotopic (exact) mass is 997 g/mol. The number of unbranched alkanes of at least 4 members (excludes halogenated alkanes) is 20. The van der Waals surface area contributed by atoms with E-state index in [0.29, 0.717) is 19.3 Å². The van der Waals surface area contributed by atoms with Gasteiger partial charge in [-0.2, -0.15) is 0 Å². The maximum absolute atomic E-state index is 13.0. The molecule has 2 saturated heterocycles. The van der Waals surface area contributed by atoms with Crippen molar-refractivity contribution in [2.24, 2.45) is 0 Å². The summed E-state index contributed by atoms with van der Waals surface area (Å²) in [6.07, 6.45) is 30.0. The highest BCUT2D eigenvalue weighted by Gasteiger charge is 2.47. The molecule has 0 radical (unpaired) electrons. The van der Waals surface area contributed by atoms with Crippen molar-refractivity contribution in [2.75, 3.05) is 26.4 Å². The fourth-order valence-electron chi connectivity index (χ4n) is 8.33. The zero-order valence-electron chi connectivity index (χ0n) is 43.0. The maximum atomic E-state index is 13.0. The Hall–Kier alpha value is -2.54. The van der Waals surface area contributed by atoms with Crippen molar-refractivity contribution < 1.29 is 73.8 Å². The second-order valence-corrected chi connectivity index (χ2v) is 19.1. The lowest BCUT2D eigenvalue weighted by molar-refractivity contribution is -0.332.